The molecule has 0 bridgehead atoms. The average molecular weight is 247 g/mol. The molecule has 4 nitrogen and oxygen atoms in total. The fourth-order valence-electron chi connectivity index (χ4n) is 1.76. The van der Waals surface area contributed by atoms with Crippen LogP contribution in [-0.2, 0) is 6.61 Å². The van der Waals surface area contributed by atoms with E-state index >= 15 is 0 Å². The zero-order valence-corrected chi connectivity index (χ0v) is 10.8. The molecule has 0 amide bonds. The summed E-state index contributed by atoms with van der Waals surface area (Å²) in [5, 5.41) is 13.5. The summed E-state index contributed by atoms with van der Waals surface area (Å²) in [6.45, 7) is 5.87. The van der Waals surface area contributed by atoms with Gasteiger partial charge in [0.15, 0.2) is 5.76 Å². The van der Waals surface area contributed by atoms with E-state index < -0.39 is 6.10 Å². The van der Waals surface area contributed by atoms with Crippen molar-refractivity contribution in [3.8, 4) is 5.75 Å². The second-order valence-electron chi connectivity index (χ2n) is 4.44. The lowest BCUT2D eigenvalue weighted by Gasteiger charge is -2.13. The third-order valence-corrected chi connectivity index (χ3v) is 2.66. The first-order valence-corrected chi connectivity index (χ1v) is 5.90. The van der Waals surface area contributed by atoms with Crippen LogP contribution in [0, 0.1) is 13.8 Å². The van der Waals surface area contributed by atoms with Gasteiger partial charge in [-0.05, 0) is 32.9 Å². The fraction of sp³-hybridized carbons (Fsp3) is 0.357. The van der Waals surface area contributed by atoms with Gasteiger partial charge in [-0.25, -0.2) is 0 Å². The quantitative estimate of drug-likeness (QED) is 0.902. The number of aromatic nitrogens is 1. The maximum absolute atomic E-state index is 9.71. The Kier molecular flexibility index (Phi) is 3.67. The van der Waals surface area contributed by atoms with E-state index in [1.807, 2.05) is 38.1 Å². The Bertz CT molecular complexity index is 532. The SMILES string of the molecule is Cc1ccc(OCc2cc(C)no2)c(C(C)O)c1. The molecule has 1 N–H and O–H groups in total. The fourth-order valence-corrected chi connectivity index (χ4v) is 1.76. The third kappa shape index (κ3) is 2.90. The Morgan fingerprint density at radius 2 is 2.11 bits per heavy atom. The Hall–Kier alpha value is -1.81. The van der Waals surface area contributed by atoms with Gasteiger partial charge >= 0.3 is 0 Å². The number of benzene rings is 1. The summed E-state index contributed by atoms with van der Waals surface area (Å²) in [6, 6.07) is 7.56. The molecular weight excluding hydrogens is 230 g/mol. The van der Waals surface area contributed by atoms with Gasteiger partial charge in [-0.3, -0.25) is 0 Å². The van der Waals surface area contributed by atoms with E-state index in [1.54, 1.807) is 6.92 Å². The molecule has 0 spiro atoms. The average Bonchev–Trinajstić information content (AvgIpc) is 2.73. The molecule has 1 atom stereocenters. The number of hydrogen-bond donors (Lipinski definition) is 1. The largest absolute Gasteiger partial charge is 0.485 e. The van der Waals surface area contributed by atoms with Gasteiger partial charge in [-0.2, -0.15) is 0 Å². The van der Waals surface area contributed by atoms with Crippen LogP contribution in [0.15, 0.2) is 28.8 Å². The number of rotatable bonds is 4. The van der Waals surface area contributed by atoms with Gasteiger partial charge in [0.2, 0.25) is 0 Å². The molecule has 0 radical (unpaired) electrons. The van der Waals surface area contributed by atoms with E-state index in [-0.39, 0.29) is 0 Å². The molecule has 0 aliphatic heterocycles. The first-order valence-electron chi connectivity index (χ1n) is 5.90. The van der Waals surface area contributed by atoms with Gasteiger partial charge in [0.05, 0.1) is 11.8 Å². The van der Waals surface area contributed by atoms with Crippen LogP contribution >= 0.6 is 0 Å². The molecule has 0 aliphatic rings. The van der Waals surface area contributed by atoms with E-state index in [2.05, 4.69) is 5.16 Å². The van der Waals surface area contributed by atoms with Gasteiger partial charge in [0.25, 0.3) is 0 Å². The van der Waals surface area contributed by atoms with Gasteiger partial charge in [-0.15, -0.1) is 0 Å². The van der Waals surface area contributed by atoms with E-state index in [1.165, 1.54) is 0 Å². The number of hydrogen-bond acceptors (Lipinski definition) is 4. The monoisotopic (exact) mass is 247 g/mol. The highest BCUT2D eigenvalue weighted by Gasteiger charge is 2.10. The number of ether oxygens (including phenoxy) is 1. The first-order chi connectivity index (χ1) is 8.56. The standard InChI is InChI=1S/C14H17NO3/c1-9-4-5-14(13(6-9)11(3)16)17-8-12-7-10(2)15-18-12/h4-7,11,16H,8H2,1-3H3. The second kappa shape index (κ2) is 5.23. The lowest BCUT2D eigenvalue weighted by atomic mass is 10.1. The first kappa shape index (κ1) is 12.6. The van der Waals surface area contributed by atoms with E-state index in [0.717, 1.165) is 16.8 Å². The molecule has 96 valence electrons. The van der Waals surface area contributed by atoms with Gasteiger partial charge < -0.3 is 14.4 Å². The van der Waals surface area contributed by atoms with Crippen molar-refractivity contribution in [3.05, 3.63) is 46.8 Å². The summed E-state index contributed by atoms with van der Waals surface area (Å²) < 4.78 is 10.7. The smallest absolute Gasteiger partial charge is 0.174 e. The second-order valence-corrected chi connectivity index (χ2v) is 4.44. The lowest BCUT2D eigenvalue weighted by molar-refractivity contribution is 0.186. The molecule has 1 aromatic carbocycles. The normalized spacial score (nSPS) is 12.4. The Labute approximate surface area is 106 Å². The number of aryl methyl sites for hydroxylation is 2. The molecule has 1 aromatic heterocycles. The minimum absolute atomic E-state index is 0.309. The number of aliphatic hydroxyl groups excluding tert-OH is 1. The summed E-state index contributed by atoms with van der Waals surface area (Å²) in [6.07, 6.45) is -0.559. The van der Waals surface area contributed by atoms with E-state index in [9.17, 15) is 5.11 Å². The van der Waals surface area contributed by atoms with Crippen molar-refractivity contribution < 1.29 is 14.4 Å². The summed E-state index contributed by atoms with van der Waals surface area (Å²) in [7, 11) is 0. The molecule has 2 rings (SSSR count). The van der Waals surface area contributed by atoms with E-state index in [0.29, 0.717) is 18.1 Å². The summed E-state index contributed by atoms with van der Waals surface area (Å²) in [5.41, 5.74) is 2.70. The Morgan fingerprint density at radius 3 is 2.72 bits per heavy atom. The Morgan fingerprint density at radius 1 is 1.33 bits per heavy atom. The topological polar surface area (TPSA) is 55.5 Å². The molecule has 0 saturated heterocycles. The molecule has 0 aliphatic carbocycles. The van der Waals surface area contributed by atoms with E-state index in [4.69, 9.17) is 9.26 Å². The molecule has 1 unspecified atom stereocenters. The predicted molar refractivity (Wildman–Crippen MR) is 67.4 cm³/mol. The van der Waals surface area contributed by atoms with Crippen LogP contribution in [0.3, 0.4) is 0 Å². The molecule has 2 aromatic rings. The summed E-state index contributed by atoms with van der Waals surface area (Å²) in [5.74, 6) is 1.34. The van der Waals surface area contributed by atoms with Crippen LogP contribution in [0.1, 0.15) is 35.6 Å². The minimum Gasteiger partial charge on any atom is -0.485 e. The lowest BCUT2D eigenvalue weighted by Crippen LogP contribution is -2.00. The molecule has 1 heterocycles. The van der Waals surface area contributed by atoms with Crippen LogP contribution in [0.4, 0.5) is 0 Å². The maximum Gasteiger partial charge on any atom is 0.174 e. The van der Waals surface area contributed by atoms with Gasteiger partial charge in [0.1, 0.15) is 12.4 Å². The van der Waals surface area contributed by atoms with Crippen LogP contribution in [-0.4, -0.2) is 10.3 Å². The highest BCUT2D eigenvalue weighted by atomic mass is 16.5. The van der Waals surface area contributed by atoms with Gasteiger partial charge in [-0.1, -0.05) is 16.8 Å². The minimum atomic E-state index is -0.559. The zero-order chi connectivity index (χ0) is 13.1. The van der Waals surface area contributed by atoms with Crippen molar-refractivity contribution in [3.63, 3.8) is 0 Å². The van der Waals surface area contributed by atoms with Gasteiger partial charge in [0, 0.05) is 11.6 Å². The zero-order valence-electron chi connectivity index (χ0n) is 10.8. The molecule has 18 heavy (non-hydrogen) atoms. The summed E-state index contributed by atoms with van der Waals surface area (Å²) in [4.78, 5) is 0. The number of aliphatic hydroxyl groups is 1. The summed E-state index contributed by atoms with van der Waals surface area (Å²) >= 11 is 0. The van der Waals surface area contributed by atoms with Crippen molar-refractivity contribution in [2.24, 2.45) is 0 Å². The van der Waals surface area contributed by atoms with Crippen LogP contribution in [0.2, 0.25) is 0 Å². The molecule has 0 fully saturated rings. The third-order valence-electron chi connectivity index (χ3n) is 2.66. The van der Waals surface area contributed by atoms with Crippen molar-refractivity contribution >= 4 is 0 Å². The highest BCUT2D eigenvalue weighted by Crippen LogP contribution is 2.27. The number of nitrogens with zero attached hydrogens (tertiary/aromatic N) is 1. The van der Waals surface area contributed by atoms with Crippen LogP contribution < -0.4 is 4.74 Å². The molecular formula is C14H17NO3. The maximum atomic E-state index is 9.71. The Balaban J connectivity index is 2.13. The molecule has 4 heteroatoms. The predicted octanol–water partition coefficient (Wildman–Crippen LogP) is 2.92. The molecule has 0 saturated carbocycles. The highest BCUT2D eigenvalue weighted by molar-refractivity contribution is 5.38. The van der Waals surface area contributed by atoms with Crippen molar-refractivity contribution in [2.75, 3.05) is 0 Å². The van der Waals surface area contributed by atoms with Crippen LogP contribution in [0.5, 0.6) is 5.75 Å². The van der Waals surface area contributed by atoms with Crippen molar-refractivity contribution in [1.29, 1.82) is 0 Å². The van der Waals surface area contributed by atoms with Crippen LogP contribution in [0.25, 0.3) is 0 Å². The van der Waals surface area contributed by atoms with Crippen molar-refractivity contribution in [1.82, 2.24) is 5.16 Å². The van der Waals surface area contributed by atoms with Crippen molar-refractivity contribution in [2.45, 2.75) is 33.5 Å².